The van der Waals surface area contributed by atoms with Crippen molar-refractivity contribution in [3.8, 4) is 0 Å². The van der Waals surface area contributed by atoms with Crippen LogP contribution in [0.3, 0.4) is 0 Å². The van der Waals surface area contributed by atoms with Crippen LogP contribution in [-0.2, 0) is 6.42 Å². The van der Waals surface area contributed by atoms with Gasteiger partial charge >= 0.3 is 0 Å². The zero-order valence-corrected chi connectivity index (χ0v) is 14.2. The molecule has 21 heavy (non-hydrogen) atoms. The molecule has 0 aromatic heterocycles. The Bertz CT molecular complexity index is 573. The van der Waals surface area contributed by atoms with Crippen LogP contribution in [0, 0.1) is 0 Å². The zero-order chi connectivity index (χ0) is 14.7. The summed E-state index contributed by atoms with van der Waals surface area (Å²) in [7, 11) is 0. The second kappa shape index (κ2) is 6.95. The quantitative estimate of drug-likeness (QED) is 0.770. The molecule has 0 radical (unpaired) electrons. The van der Waals surface area contributed by atoms with E-state index in [9.17, 15) is 0 Å². The summed E-state index contributed by atoms with van der Waals surface area (Å²) >= 11 is 9.38. The molecule has 0 spiro atoms. The average Bonchev–Trinajstić information content (AvgIpc) is 2.45. The fourth-order valence-electron chi connectivity index (χ4n) is 2.86. The maximum atomic E-state index is 5.89. The minimum Gasteiger partial charge on any atom is -0.314 e. The fourth-order valence-corrected chi connectivity index (χ4v) is 3.25. The Morgan fingerprint density at radius 3 is 2.33 bits per heavy atom. The summed E-state index contributed by atoms with van der Waals surface area (Å²) in [6, 6.07) is 17.6. The van der Waals surface area contributed by atoms with Crippen LogP contribution in [0.25, 0.3) is 0 Å². The van der Waals surface area contributed by atoms with Crippen molar-refractivity contribution in [2.75, 3.05) is 6.54 Å². The maximum Gasteiger partial charge on any atom is 0.0406 e. The van der Waals surface area contributed by atoms with E-state index in [0.717, 1.165) is 28.4 Å². The van der Waals surface area contributed by atoms with Gasteiger partial charge < -0.3 is 5.32 Å². The van der Waals surface area contributed by atoms with Crippen molar-refractivity contribution in [1.29, 1.82) is 0 Å². The molecule has 0 bridgehead atoms. The first kappa shape index (κ1) is 15.1. The van der Waals surface area contributed by atoms with Crippen LogP contribution in [0.4, 0.5) is 0 Å². The first-order chi connectivity index (χ1) is 10.2. The number of hydrogen-bond donors (Lipinski definition) is 1. The van der Waals surface area contributed by atoms with Crippen LogP contribution < -0.4 is 5.32 Å². The van der Waals surface area contributed by atoms with Crippen LogP contribution in [0.5, 0.6) is 0 Å². The lowest BCUT2D eigenvalue weighted by molar-refractivity contribution is 0.293. The largest absolute Gasteiger partial charge is 0.314 e. The molecular formula is C18H19BrClN. The number of benzene rings is 2. The van der Waals surface area contributed by atoms with Crippen LogP contribution in [0.2, 0.25) is 5.02 Å². The molecule has 0 atom stereocenters. The summed E-state index contributed by atoms with van der Waals surface area (Å²) in [5.74, 6) is 0.728. The van der Waals surface area contributed by atoms with Gasteiger partial charge in [0.15, 0.2) is 0 Å². The van der Waals surface area contributed by atoms with Crippen molar-refractivity contribution in [1.82, 2.24) is 5.32 Å². The summed E-state index contributed by atoms with van der Waals surface area (Å²) in [6.45, 7) is 1.04. The van der Waals surface area contributed by atoms with Crippen molar-refractivity contribution in [3.63, 3.8) is 0 Å². The van der Waals surface area contributed by atoms with Gasteiger partial charge in [0.05, 0.1) is 0 Å². The van der Waals surface area contributed by atoms with Gasteiger partial charge in [-0.25, -0.2) is 0 Å². The van der Waals surface area contributed by atoms with E-state index in [-0.39, 0.29) is 0 Å². The lowest BCUT2D eigenvalue weighted by atomic mass is 9.76. The van der Waals surface area contributed by atoms with Gasteiger partial charge in [0.25, 0.3) is 0 Å². The Balaban J connectivity index is 1.39. The Hall–Kier alpha value is -0.830. The van der Waals surface area contributed by atoms with Crippen molar-refractivity contribution in [2.45, 2.75) is 31.2 Å². The topological polar surface area (TPSA) is 12.0 Å². The van der Waals surface area contributed by atoms with Gasteiger partial charge in [0.2, 0.25) is 0 Å². The molecule has 1 saturated carbocycles. The van der Waals surface area contributed by atoms with E-state index in [1.54, 1.807) is 0 Å². The van der Waals surface area contributed by atoms with Gasteiger partial charge in [-0.15, -0.1) is 0 Å². The second-order valence-electron chi connectivity index (χ2n) is 5.75. The normalized spacial score (nSPS) is 21.0. The average molecular weight is 365 g/mol. The number of nitrogens with one attached hydrogen (secondary N) is 1. The van der Waals surface area contributed by atoms with E-state index >= 15 is 0 Å². The van der Waals surface area contributed by atoms with E-state index in [1.165, 1.54) is 24.0 Å². The highest BCUT2D eigenvalue weighted by Gasteiger charge is 2.29. The van der Waals surface area contributed by atoms with Crippen LogP contribution in [-0.4, -0.2) is 12.6 Å². The Kier molecular flexibility index (Phi) is 4.99. The summed E-state index contributed by atoms with van der Waals surface area (Å²) in [6.07, 6.45) is 3.57. The summed E-state index contributed by atoms with van der Waals surface area (Å²) in [5, 5.41) is 4.46. The van der Waals surface area contributed by atoms with Crippen molar-refractivity contribution < 1.29 is 0 Å². The highest BCUT2D eigenvalue weighted by atomic mass is 79.9. The molecule has 1 aliphatic carbocycles. The summed E-state index contributed by atoms with van der Waals surface area (Å²) in [5.41, 5.74) is 2.81. The van der Waals surface area contributed by atoms with E-state index in [4.69, 9.17) is 11.6 Å². The molecule has 0 saturated heterocycles. The van der Waals surface area contributed by atoms with Gasteiger partial charge in [0, 0.05) is 15.5 Å². The second-order valence-corrected chi connectivity index (χ2v) is 7.10. The number of halogens is 2. The van der Waals surface area contributed by atoms with Crippen molar-refractivity contribution in [2.24, 2.45) is 0 Å². The predicted molar refractivity (Wildman–Crippen MR) is 93.1 cm³/mol. The standard InChI is InChI=1S/C18H19BrClN/c19-16-5-3-14(4-6-16)15-11-18(12-15)21-10-9-13-1-7-17(20)8-2-13/h1-8,15,18,21H,9-12H2. The van der Waals surface area contributed by atoms with Crippen LogP contribution >= 0.6 is 27.5 Å². The molecule has 3 heteroatoms. The fraction of sp³-hybridized carbons (Fsp3) is 0.333. The predicted octanol–water partition coefficient (Wildman–Crippen LogP) is 5.18. The molecule has 3 rings (SSSR count). The molecule has 1 fully saturated rings. The third-order valence-corrected chi connectivity index (χ3v) is 5.02. The van der Waals surface area contributed by atoms with Gasteiger partial charge in [-0.1, -0.05) is 51.8 Å². The molecule has 1 nitrogen and oxygen atoms in total. The third kappa shape index (κ3) is 4.09. The SMILES string of the molecule is Clc1ccc(CCNC2CC(c3ccc(Br)cc3)C2)cc1. The lowest BCUT2D eigenvalue weighted by Crippen LogP contribution is -2.40. The maximum absolute atomic E-state index is 5.89. The monoisotopic (exact) mass is 363 g/mol. The van der Waals surface area contributed by atoms with E-state index in [0.29, 0.717) is 6.04 Å². The number of rotatable bonds is 5. The number of hydrogen-bond acceptors (Lipinski definition) is 1. The van der Waals surface area contributed by atoms with E-state index in [2.05, 4.69) is 57.6 Å². The van der Waals surface area contributed by atoms with Crippen molar-refractivity contribution >= 4 is 27.5 Å². The molecule has 1 aliphatic rings. The molecule has 0 heterocycles. The Labute approximate surface area is 139 Å². The third-order valence-electron chi connectivity index (χ3n) is 4.24. The first-order valence-corrected chi connectivity index (χ1v) is 8.61. The molecule has 2 aromatic carbocycles. The highest BCUT2D eigenvalue weighted by Crippen LogP contribution is 2.37. The van der Waals surface area contributed by atoms with Gasteiger partial charge in [-0.05, 0) is 67.1 Å². The molecule has 0 unspecified atom stereocenters. The Morgan fingerprint density at radius 1 is 1.00 bits per heavy atom. The van der Waals surface area contributed by atoms with E-state index < -0.39 is 0 Å². The smallest absolute Gasteiger partial charge is 0.0406 e. The Morgan fingerprint density at radius 2 is 1.67 bits per heavy atom. The van der Waals surface area contributed by atoms with Gasteiger partial charge in [-0.3, -0.25) is 0 Å². The first-order valence-electron chi connectivity index (χ1n) is 7.44. The molecular weight excluding hydrogens is 346 g/mol. The molecule has 1 N–H and O–H groups in total. The van der Waals surface area contributed by atoms with Crippen LogP contribution in [0.15, 0.2) is 53.0 Å². The molecule has 0 aliphatic heterocycles. The minimum absolute atomic E-state index is 0.672. The highest BCUT2D eigenvalue weighted by molar-refractivity contribution is 9.10. The minimum atomic E-state index is 0.672. The van der Waals surface area contributed by atoms with Crippen molar-refractivity contribution in [3.05, 3.63) is 69.2 Å². The van der Waals surface area contributed by atoms with Gasteiger partial charge in [0.1, 0.15) is 0 Å². The molecule has 0 amide bonds. The lowest BCUT2D eigenvalue weighted by Gasteiger charge is -2.36. The summed E-state index contributed by atoms with van der Waals surface area (Å²) < 4.78 is 1.16. The van der Waals surface area contributed by atoms with Crippen LogP contribution in [0.1, 0.15) is 29.9 Å². The zero-order valence-electron chi connectivity index (χ0n) is 11.9. The molecule has 2 aromatic rings. The molecule has 110 valence electrons. The summed E-state index contributed by atoms with van der Waals surface area (Å²) in [4.78, 5) is 0. The van der Waals surface area contributed by atoms with Gasteiger partial charge in [-0.2, -0.15) is 0 Å². The van der Waals surface area contributed by atoms with E-state index in [1.807, 2.05) is 12.1 Å².